The van der Waals surface area contributed by atoms with Crippen molar-refractivity contribution < 1.29 is 9.90 Å². The molecule has 0 fully saturated rings. The molecule has 0 spiro atoms. The second-order valence-electron chi connectivity index (χ2n) is 6.82. The number of hydrogen-bond acceptors (Lipinski definition) is 2. The molecule has 4 nitrogen and oxygen atoms in total. The standard InChI is InChI=1S/C21H19BrCl2N2O2/c1-12(2)26-19(18(20(27)28)25-21(26)22)17(14-6-8-15(23)9-7-14)11-13-4-3-5-16(24)10-13/h3-10,12,17H,11H2,1-2H3,(H,27,28). The van der Waals surface area contributed by atoms with Crippen LogP contribution in [0.15, 0.2) is 53.3 Å². The Morgan fingerprint density at radius 2 is 1.82 bits per heavy atom. The lowest BCUT2D eigenvalue weighted by atomic mass is 9.87. The van der Waals surface area contributed by atoms with E-state index in [1.54, 1.807) is 0 Å². The van der Waals surface area contributed by atoms with Gasteiger partial charge in [-0.15, -0.1) is 0 Å². The molecule has 7 heteroatoms. The number of rotatable bonds is 6. The van der Waals surface area contributed by atoms with Gasteiger partial charge in [-0.1, -0.05) is 47.5 Å². The summed E-state index contributed by atoms with van der Waals surface area (Å²) in [4.78, 5) is 16.2. The summed E-state index contributed by atoms with van der Waals surface area (Å²) in [6.07, 6.45) is 0.577. The molecule has 1 aromatic heterocycles. The van der Waals surface area contributed by atoms with Gasteiger partial charge in [0.1, 0.15) is 0 Å². The van der Waals surface area contributed by atoms with Gasteiger partial charge in [0.15, 0.2) is 10.4 Å². The van der Waals surface area contributed by atoms with Crippen LogP contribution in [0.1, 0.15) is 53.1 Å². The van der Waals surface area contributed by atoms with Crippen LogP contribution < -0.4 is 0 Å². The SMILES string of the molecule is CC(C)n1c(Br)nc(C(=O)O)c1C(Cc1cccc(Cl)c1)c1ccc(Cl)cc1. The maximum absolute atomic E-state index is 12.0. The van der Waals surface area contributed by atoms with Gasteiger partial charge in [-0.05, 0) is 71.6 Å². The van der Waals surface area contributed by atoms with Crippen molar-refractivity contribution in [1.29, 1.82) is 0 Å². The van der Waals surface area contributed by atoms with Crippen LogP contribution in [-0.2, 0) is 6.42 Å². The maximum Gasteiger partial charge on any atom is 0.356 e. The molecule has 0 radical (unpaired) electrons. The van der Waals surface area contributed by atoms with Crippen molar-refractivity contribution in [3.8, 4) is 0 Å². The van der Waals surface area contributed by atoms with Gasteiger partial charge in [0.05, 0.1) is 5.69 Å². The van der Waals surface area contributed by atoms with Crippen molar-refractivity contribution in [1.82, 2.24) is 9.55 Å². The Labute approximate surface area is 182 Å². The highest BCUT2D eigenvalue weighted by Gasteiger charge is 2.30. The van der Waals surface area contributed by atoms with E-state index in [9.17, 15) is 9.90 Å². The summed E-state index contributed by atoms with van der Waals surface area (Å²) in [5.41, 5.74) is 2.66. The zero-order valence-electron chi connectivity index (χ0n) is 15.4. The van der Waals surface area contributed by atoms with E-state index in [2.05, 4.69) is 20.9 Å². The molecule has 0 bridgehead atoms. The van der Waals surface area contributed by atoms with Crippen LogP contribution in [0.4, 0.5) is 0 Å². The van der Waals surface area contributed by atoms with Crippen LogP contribution in [0.5, 0.6) is 0 Å². The van der Waals surface area contributed by atoms with E-state index in [0.29, 0.717) is 26.9 Å². The third-order valence-corrected chi connectivity index (χ3v) is 5.60. The van der Waals surface area contributed by atoms with E-state index in [1.807, 2.05) is 66.9 Å². The predicted molar refractivity (Wildman–Crippen MR) is 116 cm³/mol. The molecular weight excluding hydrogens is 463 g/mol. The first kappa shape index (κ1) is 20.9. The number of imidazole rings is 1. The number of carboxylic acid groups (broad SMARTS) is 1. The molecule has 0 saturated carbocycles. The van der Waals surface area contributed by atoms with E-state index >= 15 is 0 Å². The zero-order valence-corrected chi connectivity index (χ0v) is 18.5. The highest BCUT2D eigenvalue weighted by atomic mass is 79.9. The number of aromatic nitrogens is 2. The Hall–Kier alpha value is -1.82. The summed E-state index contributed by atoms with van der Waals surface area (Å²) in [5, 5.41) is 11.1. The highest BCUT2D eigenvalue weighted by Crippen LogP contribution is 2.36. The van der Waals surface area contributed by atoms with Gasteiger partial charge in [0, 0.05) is 22.0 Å². The Morgan fingerprint density at radius 1 is 1.14 bits per heavy atom. The van der Waals surface area contributed by atoms with Crippen molar-refractivity contribution in [2.45, 2.75) is 32.2 Å². The van der Waals surface area contributed by atoms with Gasteiger partial charge in [0.25, 0.3) is 0 Å². The first-order valence-electron chi connectivity index (χ1n) is 8.78. The Bertz CT molecular complexity index is 1000. The van der Waals surface area contributed by atoms with Crippen molar-refractivity contribution in [3.05, 3.63) is 85.8 Å². The van der Waals surface area contributed by atoms with Gasteiger partial charge >= 0.3 is 5.97 Å². The molecule has 0 saturated heterocycles. The molecule has 0 aliphatic rings. The second-order valence-corrected chi connectivity index (χ2v) is 8.40. The third-order valence-electron chi connectivity index (χ3n) is 4.56. The fraction of sp³-hybridized carbons (Fsp3) is 0.238. The van der Waals surface area contributed by atoms with Crippen molar-refractivity contribution in [2.24, 2.45) is 0 Å². The number of hydrogen-bond donors (Lipinski definition) is 1. The molecule has 146 valence electrons. The quantitative estimate of drug-likeness (QED) is 0.431. The summed E-state index contributed by atoms with van der Waals surface area (Å²) in [5.74, 6) is -1.29. The summed E-state index contributed by atoms with van der Waals surface area (Å²) in [6, 6.07) is 15.1. The lowest BCUT2D eigenvalue weighted by Gasteiger charge is -2.23. The fourth-order valence-electron chi connectivity index (χ4n) is 3.37. The van der Waals surface area contributed by atoms with E-state index in [-0.39, 0.29) is 17.7 Å². The normalized spacial score (nSPS) is 12.4. The minimum absolute atomic E-state index is 0.0270. The van der Waals surface area contributed by atoms with Gasteiger partial charge in [-0.25, -0.2) is 9.78 Å². The number of carboxylic acids is 1. The highest BCUT2D eigenvalue weighted by molar-refractivity contribution is 9.10. The largest absolute Gasteiger partial charge is 0.476 e. The lowest BCUT2D eigenvalue weighted by Crippen LogP contribution is -2.17. The predicted octanol–water partition coefficient (Wildman–Crippen LogP) is 6.61. The van der Waals surface area contributed by atoms with Crippen molar-refractivity contribution in [3.63, 3.8) is 0 Å². The maximum atomic E-state index is 12.0. The average Bonchev–Trinajstić information content (AvgIpc) is 2.98. The molecule has 1 N–H and O–H groups in total. The van der Waals surface area contributed by atoms with Crippen molar-refractivity contribution in [2.75, 3.05) is 0 Å². The number of halogens is 3. The van der Waals surface area contributed by atoms with Crippen LogP contribution in [-0.4, -0.2) is 20.6 Å². The lowest BCUT2D eigenvalue weighted by molar-refractivity contribution is 0.0689. The van der Waals surface area contributed by atoms with Crippen LogP contribution >= 0.6 is 39.1 Å². The molecule has 3 aromatic rings. The van der Waals surface area contributed by atoms with Gasteiger partial charge in [-0.3, -0.25) is 0 Å². The molecule has 0 aliphatic heterocycles. The topological polar surface area (TPSA) is 55.1 Å². The molecule has 28 heavy (non-hydrogen) atoms. The number of carbonyl (C=O) groups is 1. The molecule has 1 unspecified atom stereocenters. The average molecular weight is 482 g/mol. The monoisotopic (exact) mass is 480 g/mol. The Balaban J connectivity index is 2.22. The second kappa shape index (κ2) is 8.68. The van der Waals surface area contributed by atoms with Gasteiger partial charge in [0.2, 0.25) is 0 Å². The molecule has 1 atom stereocenters. The molecule has 0 aliphatic carbocycles. The summed E-state index contributed by atoms with van der Waals surface area (Å²) >= 11 is 15.7. The van der Waals surface area contributed by atoms with E-state index in [4.69, 9.17) is 23.2 Å². The fourth-order valence-corrected chi connectivity index (χ4v) is 4.48. The van der Waals surface area contributed by atoms with Crippen molar-refractivity contribution >= 4 is 45.1 Å². The molecular formula is C21H19BrCl2N2O2. The Kier molecular flexibility index (Phi) is 6.48. The summed E-state index contributed by atoms with van der Waals surface area (Å²) < 4.78 is 2.42. The number of aromatic carboxylic acids is 1. The van der Waals surface area contributed by atoms with Crippen LogP contribution in [0.3, 0.4) is 0 Å². The first-order valence-corrected chi connectivity index (χ1v) is 10.3. The van der Waals surface area contributed by atoms with Gasteiger partial charge in [-0.2, -0.15) is 0 Å². The van der Waals surface area contributed by atoms with E-state index < -0.39 is 5.97 Å². The van der Waals surface area contributed by atoms with Crippen LogP contribution in [0, 0.1) is 0 Å². The zero-order chi connectivity index (χ0) is 20.4. The molecule has 1 heterocycles. The first-order chi connectivity index (χ1) is 13.3. The number of benzene rings is 2. The smallest absolute Gasteiger partial charge is 0.356 e. The summed E-state index contributed by atoms with van der Waals surface area (Å²) in [7, 11) is 0. The minimum Gasteiger partial charge on any atom is -0.476 e. The van der Waals surface area contributed by atoms with Crippen LogP contribution in [0.25, 0.3) is 0 Å². The molecule has 2 aromatic carbocycles. The van der Waals surface area contributed by atoms with Crippen LogP contribution in [0.2, 0.25) is 10.0 Å². The third kappa shape index (κ3) is 4.43. The molecule has 0 amide bonds. The van der Waals surface area contributed by atoms with Gasteiger partial charge < -0.3 is 9.67 Å². The summed E-state index contributed by atoms with van der Waals surface area (Å²) in [6.45, 7) is 4.00. The minimum atomic E-state index is -1.06. The molecule has 3 rings (SSSR count). The van der Waals surface area contributed by atoms with E-state index in [1.165, 1.54) is 0 Å². The number of nitrogens with zero attached hydrogens (tertiary/aromatic N) is 2. The van der Waals surface area contributed by atoms with E-state index in [0.717, 1.165) is 11.1 Å². The Morgan fingerprint density at radius 3 is 2.39 bits per heavy atom.